The number of ether oxygens (including phenoxy) is 2. The molecule has 0 heterocycles. The molecule has 1 aromatic carbocycles. The lowest BCUT2D eigenvalue weighted by atomic mass is 10.3. The monoisotopic (exact) mass is 229 g/mol. The highest BCUT2D eigenvalue weighted by Crippen LogP contribution is 2.34. The molecule has 5 heteroatoms. The first-order valence-electron chi connectivity index (χ1n) is 4.32. The van der Waals surface area contributed by atoms with Gasteiger partial charge in [-0.25, -0.2) is 8.42 Å². The van der Waals surface area contributed by atoms with E-state index < -0.39 is 9.84 Å². The molecule has 0 unspecified atom stereocenters. The van der Waals surface area contributed by atoms with Gasteiger partial charge in [-0.3, -0.25) is 0 Å². The molecule has 1 rings (SSSR count). The zero-order chi connectivity index (χ0) is 11.5. The molecule has 0 aliphatic carbocycles. The fourth-order valence-corrected chi connectivity index (χ4v) is 2.31. The van der Waals surface area contributed by atoms with E-state index in [4.69, 9.17) is 9.47 Å². The first kappa shape index (κ1) is 11.8. The molecule has 83 valence electrons. The van der Waals surface area contributed by atoms with Crippen LogP contribution in [-0.4, -0.2) is 22.6 Å². The van der Waals surface area contributed by atoms with Crippen LogP contribution in [-0.2, 0) is 9.84 Å². The second-order valence-corrected chi connectivity index (χ2v) is 4.74. The van der Waals surface area contributed by atoms with Gasteiger partial charge in [-0.05, 0) is 19.1 Å². The van der Waals surface area contributed by atoms with Gasteiger partial charge in [0.1, 0.15) is 11.5 Å². The summed E-state index contributed by atoms with van der Waals surface area (Å²) in [6, 6.07) is 4.84. The van der Waals surface area contributed by atoms with Crippen molar-refractivity contribution in [1.29, 1.82) is 0 Å². The molecule has 0 saturated carbocycles. The Morgan fingerprint density at radius 3 is 1.93 bits per heavy atom. The Morgan fingerprint density at radius 1 is 1.13 bits per heavy atom. The molecular formula is C10H13O4S. The lowest BCUT2D eigenvalue weighted by molar-refractivity contribution is 0.373. The summed E-state index contributed by atoms with van der Waals surface area (Å²) < 4.78 is 33.5. The smallest absolute Gasteiger partial charge is 0.189 e. The standard InChI is InChI=1S/C10H13O4S/c1-4-15(11,12)10-8(13-2)6-5-7-9(10)14-3/h4-7H,1-3H3. The van der Waals surface area contributed by atoms with Crippen LogP contribution >= 0.6 is 0 Å². The summed E-state index contributed by atoms with van der Waals surface area (Å²) in [6.07, 6.45) is 0. The maximum absolute atomic E-state index is 11.7. The van der Waals surface area contributed by atoms with Crippen molar-refractivity contribution in [1.82, 2.24) is 0 Å². The van der Waals surface area contributed by atoms with Gasteiger partial charge in [0.2, 0.25) is 0 Å². The van der Waals surface area contributed by atoms with E-state index in [1.165, 1.54) is 21.1 Å². The van der Waals surface area contributed by atoms with Crippen LogP contribution in [0.1, 0.15) is 6.92 Å². The number of sulfone groups is 1. The summed E-state index contributed by atoms with van der Waals surface area (Å²) in [4.78, 5) is 0.0671. The van der Waals surface area contributed by atoms with E-state index in [0.29, 0.717) is 0 Å². The Balaban J connectivity index is 3.49. The molecule has 0 aromatic heterocycles. The Hall–Kier alpha value is -1.23. The third-order valence-corrected chi connectivity index (χ3v) is 3.57. The molecular weight excluding hydrogens is 216 g/mol. The number of benzene rings is 1. The molecule has 0 amide bonds. The highest BCUT2D eigenvalue weighted by molar-refractivity contribution is 7.93. The molecule has 1 aromatic rings. The van der Waals surface area contributed by atoms with Gasteiger partial charge in [0.15, 0.2) is 14.7 Å². The van der Waals surface area contributed by atoms with Gasteiger partial charge in [-0.15, -0.1) is 0 Å². The van der Waals surface area contributed by atoms with Gasteiger partial charge in [0.05, 0.1) is 20.0 Å². The summed E-state index contributed by atoms with van der Waals surface area (Å²) in [6.45, 7) is 1.46. The first-order chi connectivity index (χ1) is 7.06. The lowest BCUT2D eigenvalue weighted by Gasteiger charge is -2.11. The molecule has 1 radical (unpaired) electrons. The van der Waals surface area contributed by atoms with Crippen molar-refractivity contribution in [3.63, 3.8) is 0 Å². The van der Waals surface area contributed by atoms with E-state index in [2.05, 4.69) is 0 Å². The van der Waals surface area contributed by atoms with Crippen LogP contribution in [0, 0.1) is 5.75 Å². The van der Waals surface area contributed by atoms with Crippen molar-refractivity contribution in [2.24, 2.45) is 0 Å². The zero-order valence-electron chi connectivity index (χ0n) is 8.85. The minimum absolute atomic E-state index is 0.0671. The summed E-state index contributed by atoms with van der Waals surface area (Å²) in [5.41, 5.74) is 0. The van der Waals surface area contributed by atoms with E-state index in [9.17, 15) is 8.42 Å². The summed E-state index contributed by atoms with van der Waals surface area (Å²) >= 11 is 0. The van der Waals surface area contributed by atoms with Crippen LogP contribution in [0.2, 0.25) is 0 Å². The van der Waals surface area contributed by atoms with Gasteiger partial charge < -0.3 is 9.47 Å². The fourth-order valence-electron chi connectivity index (χ4n) is 1.22. The first-order valence-corrected chi connectivity index (χ1v) is 5.87. The van der Waals surface area contributed by atoms with Crippen molar-refractivity contribution < 1.29 is 17.9 Å². The molecule has 4 nitrogen and oxygen atoms in total. The molecule has 0 aliphatic rings. The maximum atomic E-state index is 11.7. The SMILES string of the molecule is C[CH]S(=O)(=O)c1c(OC)cccc1OC. The van der Waals surface area contributed by atoms with E-state index in [1.807, 2.05) is 0 Å². The Morgan fingerprint density at radius 2 is 1.60 bits per heavy atom. The van der Waals surface area contributed by atoms with Crippen LogP contribution in [0.4, 0.5) is 0 Å². The summed E-state index contributed by atoms with van der Waals surface area (Å²) in [5.74, 6) is 1.69. The molecule has 0 N–H and O–H groups in total. The van der Waals surface area contributed by atoms with Crippen LogP contribution in [0.5, 0.6) is 11.5 Å². The van der Waals surface area contributed by atoms with Gasteiger partial charge in [0, 0.05) is 0 Å². The van der Waals surface area contributed by atoms with Gasteiger partial charge in [-0.2, -0.15) is 0 Å². The Kier molecular flexibility index (Phi) is 3.57. The van der Waals surface area contributed by atoms with Crippen LogP contribution < -0.4 is 9.47 Å². The predicted octanol–water partition coefficient (Wildman–Crippen LogP) is 1.66. The number of methoxy groups -OCH3 is 2. The second kappa shape index (κ2) is 4.53. The van der Waals surface area contributed by atoms with Gasteiger partial charge in [0.25, 0.3) is 0 Å². The zero-order valence-corrected chi connectivity index (χ0v) is 9.67. The van der Waals surface area contributed by atoms with E-state index in [0.717, 1.165) is 5.75 Å². The lowest BCUT2D eigenvalue weighted by Crippen LogP contribution is -2.04. The Bertz CT molecular complexity index is 414. The van der Waals surface area contributed by atoms with Crippen molar-refractivity contribution in [3.05, 3.63) is 24.0 Å². The topological polar surface area (TPSA) is 52.6 Å². The Labute approximate surface area is 89.7 Å². The largest absolute Gasteiger partial charge is 0.495 e. The normalized spacial score (nSPS) is 11.1. The van der Waals surface area contributed by atoms with Gasteiger partial charge in [-0.1, -0.05) is 6.07 Å². The average molecular weight is 229 g/mol. The molecule has 0 aliphatic heterocycles. The van der Waals surface area contributed by atoms with Crippen LogP contribution in [0.15, 0.2) is 23.1 Å². The molecule has 0 bridgehead atoms. The number of hydrogen-bond donors (Lipinski definition) is 0. The number of rotatable bonds is 4. The third-order valence-electron chi connectivity index (χ3n) is 1.98. The van der Waals surface area contributed by atoms with E-state index >= 15 is 0 Å². The van der Waals surface area contributed by atoms with Crippen molar-refractivity contribution in [2.45, 2.75) is 11.8 Å². The van der Waals surface area contributed by atoms with Crippen LogP contribution in [0.3, 0.4) is 0 Å². The third kappa shape index (κ3) is 2.23. The highest BCUT2D eigenvalue weighted by Gasteiger charge is 2.22. The second-order valence-electron chi connectivity index (χ2n) is 2.77. The molecule has 0 spiro atoms. The molecule has 0 fully saturated rings. The quantitative estimate of drug-likeness (QED) is 0.788. The molecule has 0 saturated heterocycles. The van der Waals surface area contributed by atoms with Crippen LogP contribution in [0.25, 0.3) is 0 Å². The summed E-state index contributed by atoms with van der Waals surface area (Å²) in [5, 5.41) is 0. The fraction of sp³-hybridized carbons (Fsp3) is 0.300. The molecule has 15 heavy (non-hydrogen) atoms. The van der Waals surface area contributed by atoms with Gasteiger partial charge >= 0.3 is 0 Å². The van der Waals surface area contributed by atoms with Crippen molar-refractivity contribution >= 4 is 9.84 Å². The summed E-state index contributed by atoms with van der Waals surface area (Å²) in [7, 11) is -0.619. The highest BCUT2D eigenvalue weighted by atomic mass is 32.2. The minimum Gasteiger partial charge on any atom is -0.495 e. The van der Waals surface area contributed by atoms with E-state index in [-0.39, 0.29) is 16.4 Å². The minimum atomic E-state index is -3.46. The predicted molar refractivity (Wildman–Crippen MR) is 56.7 cm³/mol. The molecule has 0 atom stereocenters. The van der Waals surface area contributed by atoms with Crippen molar-refractivity contribution in [2.75, 3.05) is 14.2 Å². The van der Waals surface area contributed by atoms with E-state index in [1.54, 1.807) is 18.2 Å². The maximum Gasteiger partial charge on any atom is 0.189 e. The van der Waals surface area contributed by atoms with Crippen molar-refractivity contribution in [3.8, 4) is 11.5 Å². The average Bonchev–Trinajstić information content (AvgIpc) is 2.27. The number of hydrogen-bond acceptors (Lipinski definition) is 4.